The van der Waals surface area contributed by atoms with Gasteiger partial charge < -0.3 is 20.3 Å². The Hall–Kier alpha value is -2.08. The molecule has 0 saturated carbocycles. The van der Waals surface area contributed by atoms with E-state index < -0.39 is 0 Å². The predicted molar refractivity (Wildman–Crippen MR) is 105 cm³/mol. The SMILES string of the molecule is CCNC(=NCC(=O)NC(C)(C)C)N1CCOC(c2ccccc2C)C1. The highest BCUT2D eigenvalue weighted by molar-refractivity contribution is 5.85. The summed E-state index contributed by atoms with van der Waals surface area (Å²) in [7, 11) is 0. The molecule has 0 bridgehead atoms. The Morgan fingerprint density at radius 1 is 1.35 bits per heavy atom. The molecule has 1 atom stereocenters. The average Bonchev–Trinajstić information content (AvgIpc) is 2.57. The first-order valence-corrected chi connectivity index (χ1v) is 9.31. The first-order valence-electron chi connectivity index (χ1n) is 9.31. The number of hydrogen-bond acceptors (Lipinski definition) is 3. The molecule has 6 heteroatoms. The van der Waals surface area contributed by atoms with Crippen LogP contribution in [0.1, 0.15) is 44.9 Å². The lowest BCUT2D eigenvalue weighted by molar-refractivity contribution is -0.121. The van der Waals surface area contributed by atoms with Crippen LogP contribution < -0.4 is 10.6 Å². The molecule has 1 aromatic rings. The first kappa shape index (κ1) is 20.2. The summed E-state index contributed by atoms with van der Waals surface area (Å²) in [5.74, 6) is 0.690. The van der Waals surface area contributed by atoms with Crippen LogP contribution in [0, 0.1) is 6.92 Å². The number of ether oxygens (including phenoxy) is 1. The summed E-state index contributed by atoms with van der Waals surface area (Å²) in [6.45, 7) is 13.0. The fraction of sp³-hybridized carbons (Fsp3) is 0.600. The molecule has 1 fully saturated rings. The molecule has 1 aliphatic rings. The molecule has 2 N–H and O–H groups in total. The monoisotopic (exact) mass is 360 g/mol. The van der Waals surface area contributed by atoms with E-state index in [0.717, 1.165) is 25.6 Å². The van der Waals surface area contributed by atoms with Crippen LogP contribution in [0.25, 0.3) is 0 Å². The van der Waals surface area contributed by atoms with Crippen molar-refractivity contribution in [3.8, 4) is 0 Å². The van der Waals surface area contributed by atoms with Crippen LogP contribution in [0.15, 0.2) is 29.3 Å². The lowest BCUT2D eigenvalue weighted by atomic mass is 10.0. The highest BCUT2D eigenvalue weighted by Crippen LogP contribution is 2.24. The molecule has 1 saturated heterocycles. The van der Waals surface area contributed by atoms with Gasteiger partial charge >= 0.3 is 0 Å². The van der Waals surface area contributed by atoms with E-state index in [1.165, 1.54) is 11.1 Å². The van der Waals surface area contributed by atoms with Crippen LogP contribution in [-0.2, 0) is 9.53 Å². The van der Waals surface area contributed by atoms with Crippen molar-refractivity contribution in [1.29, 1.82) is 0 Å². The minimum absolute atomic E-state index is 0.0113. The molecular formula is C20H32N4O2. The van der Waals surface area contributed by atoms with Crippen molar-refractivity contribution in [3.05, 3.63) is 35.4 Å². The molecular weight excluding hydrogens is 328 g/mol. The van der Waals surface area contributed by atoms with Gasteiger partial charge in [0.2, 0.25) is 5.91 Å². The summed E-state index contributed by atoms with van der Waals surface area (Å²) < 4.78 is 5.99. The standard InChI is InChI=1S/C20H32N4O2/c1-6-21-19(22-13-18(25)23-20(3,4)5)24-11-12-26-17(14-24)16-10-8-7-9-15(16)2/h7-10,17H,6,11-14H2,1-5H3,(H,21,22)(H,23,25). The Balaban J connectivity index is 2.07. The molecule has 0 radical (unpaired) electrons. The quantitative estimate of drug-likeness (QED) is 0.638. The zero-order valence-electron chi connectivity index (χ0n) is 16.6. The normalized spacial score (nSPS) is 18.6. The number of benzene rings is 1. The van der Waals surface area contributed by atoms with Gasteiger partial charge in [-0.25, -0.2) is 4.99 Å². The second-order valence-electron chi connectivity index (χ2n) is 7.63. The number of guanidine groups is 1. The van der Waals surface area contributed by atoms with Crippen molar-refractivity contribution < 1.29 is 9.53 Å². The van der Waals surface area contributed by atoms with Gasteiger partial charge in [0.15, 0.2) is 5.96 Å². The van der Waals surface area contributed by atoms with E-state index in [4.69, 9.17) is 4.74 Å². The summed E-state index contributed by atoms with van der Waals surface area (Å²) in [6.07, 6.45) is 0.0113. The molecule has 0 spiro atoms. The number of nitrogens with one attached hydrogen (secondary N) is 2. The molecule has 144 valence electrons. The zero-order valence-corrected chi connectivity index (χ0v) is 16.6. The molecule has 6 nitrogen and oxygen atoms in total. The number of carbonyl (C=O) groups excluding carboxylic acids is 1. The Kier molecular flexibility index (Phi) is 7.03. The van der Waals surface area contributed by atoms with E-state index in [0.29, 0.717) is 6.61 Å². The number of aryl methyl sites for hydroxylation is 1. The molecule has 0 aliphatic carbocycles. The van der Waals surface area contributed by atoms with Gasteiger partial charge in [0.1, 0.15) is 12.6 Å². The second-order valence-corrected chi connectivity index (χ2v) is 7.63. The van der Waals surface area contributed by atoms with Gasteiger partial charge in [-0.05, 0) is 45.7 Å². The number of morpholine rings is 1. The molecule has 1 heterocycles. The van der Waals surface area contributed by atoms with E-state index in [2.05, 4.69) is 39.6 Å². The number of nitrogens with zero attached hydrogens (tertiary/aromatic N) is 2. The molecule has 26 heavy (non-hydrogen) atoms. The molecule has 0 aromatic heterocycles. The summed E-state index contributed by atoms with van der Waals surface area (Å²) in [4.78, 5) is 18.8. The minimum Gasteiger partial charge on any atom is -0.370 e. The smallest absolute Gasteiger partial charge is 0.242 e. The molecule has 1 aromatic carbocycles. The van der Waals surface area contributed by atoms with Crippen LogP contribution in [0.4, 0.5) is 0 Å². The zero-order chi connectivity index (χ0) is 19.2. The van der Waals surface area contributed by atoms with Crippen molar-refractivity contribution in [3.63, 3.8) is 0 Å². The number of hydrogen-bond donors (Lipinski definition) is 2. The Labute approximate surface area is 157 Å². The molecule has 1 unspecified atom stereocenters. The third kappa shape index (κ3) is 6.02. The molecule has 1 aliphatic heterocycles. The van der Waals surface area contributed by atoms with Gasteiger partial charge in [-0.3, -0.25) is 4.79 Å². The maximum Gasteiger partial charge on any atom is 0.242 e. The molecule has 1 amide bonds. The van der Waals surface area contributed by atoms with Gasteiger partial charge in [-0.15, -0.1) is 0 Å². The number of carbonyl (C=O) groups is 1. The largest absolute Gasteiger partial charge is 0.370 e. The highest BCUT2D eigenvalue weighted by atomic mass is 16.5. The van der Waals surface area contributed by atoms with Crippen LogP contribution in [-0.4, -0.2) is 55.1 Å². The maximum atomic E-state index is 12.1. The van der Waals surface area contributed by atoms with Crippen LogP contribution in [0.2, 0.25) is 0 Å². The number of amides is 1. The van der Waals surface area contributed by atoms with Crippen molar-refractivity contribution in [2.45, 2.75) is 46.3 Å². The Morgan fingerprint density at radius 3 is 2.73 bits per heavy atom. The topological polar surface area (TPSA) is 66.0 Å². The molecule has 2 rings (SSSR count). The van der Waals surface area contributed by atoms with Gasteiger partial charge in [0.25, 0.3) is 0 Å². The van der Waals surface area contributed by atoms with Gasteiger partial charge in [-0.1, -0.05) is 24.3 Å². The third-order valence-electron chi connectivity index (χ3n) is 4.12. The Bertz CT molecular complexity index is 637. The average molecular weight is 361 g/mol. The van der Waals surface area contributed by atoms with E-state index in [9.17, 15) is 4.79 Å². The Morgan fingerprint density at radius 2 is 2.08 bits per heavy atom. The van der Waals surface area contributed by atoms with E-state index in [1.807, 2.05) is 39.8 Å². The fourth-order valence-corrected chi connectivity index (χ4v) is 3.01. The number of rotatable bonds is 4. The fourth-order valence-electron chi connectivity index (χ4n) is 3.01. The van der Waals surface area contributed by atoms with E-state index in [1.54, 1.807) is 0 Å². The van der Waals surface area contributed by atoms with Crippen LogP contribution >= 0.6 is 0 Å². The summed E-state index contributed by atoms with van der Waals surface area (Å²) in [5.41, 5.74) is 2.18. The third-order valence-corrected chi connectivity index (χ3v) is 4.12. The van der Waals surface area contributed by atoms with E-state index >= 15 is 0 Å². The van der Waals surface area contributed by atoms with Crippen LogP contribution in [0.3, 0.4) is 0 Å². The van der Waals surface area contributed by atoms with Crippen molar-refractivity contribution in [2.24, 2.45) is 4.99 Å². The van der Waals surface area contributed by atoms with Crippen molar-refractivity contribution in [1.82, 2.24) is 15.5 Å². The van der Waals surface area contributed by atoms with Gasteiger partial charge in [0.05, 0.1) is 13.2 Å². The summed E-state index contributed by atoms with van der Waals surface area (Å²) in [5, 5.41) is 6.24. The number of aliphatic imine (C=N–C) groups is 1. The predicted octanol–water partition coefficient (Wildman–Crippen LogP) is 2.25. The first-order chi connectivity index (χ1) is 12.3. The van der Waals surface area contributed by atoms with E-state index in [-0.39, 0.29) is 24.1 Å². The lowest BCUT2D eigenvalue weighted by Crippen LogP contribution is -2.49. The van der Waals surface area contributed by atoms with Crippen molar-refractivity contribution in [2.75, 3.05) is 32.8 Å². The van der Waals surface area contributed by atoms with Gasteiger partial charge in [0, 0.05) is 18.6 Å². The van der Waals surface area contributed by atoms with Gasteiger partial charge in [-0.2, -0.15) is 0 Å². The lowest BCUT2D eigenvalue weighted by Gasteiger charge is -2.35. The maximum absolute atomic E-state index is 12.1. The van der Waals surface area contributed by atoms with Crippen molar-refractivity contribution >= 4 is 11.9 Å². The summed E-state index contributed by atoms with van der Waals surface area (Å²) in [6, 6.07) is 8.30. The second kappa shape index (κ2) is 9.03. The minimum atomic E-state index is -0.250. The summed E-state index contributed by atoms with van der Waals surface area (Å²) >= 11 is 0. The van der Waals surface area contributed by atoms with Crippen LogP contribution in [0.5, 0.6) is 0 Å². The highest BCUT2D eigenvalue weighted by Gasteiger charge is 2.25.